The second-order valence-electron chi connectivity index (χ2n) is 4.59. The van der Waals surface area contributed by atoms with Crippen LogP contribution in [0.1, 0.15) is 28.3 Å². The van der Waals surface area contributed by atoms with Gasteiger partial charge in [-0.1, -0.05) is 30.3 Å². The molecule has 100 valence electrons. The summed E-state index contributed by atoms with van der Waals surface area (Å²) < 4.78 is 14.5. The number of aryl methyl sites for hydroxylation is 2. The number of nitrogens with two attached hydrogens (primary N) is 1. The van der Waals surface area contributed by atoms with Crippen molar-refractivity contribution in [2.24, 2.45) is 5.84 Å². The van der Waals surface area contributed by atoms with E-state index in [1.807, 2.05) is 18.2 Å². The first-order chi connectivity index (χ1) is 9.04. The molecule has 0 aliphatic rings. The zero-order valence-electron chi connectivity index (χ0n) is 10.9. The maximum Gasteiger partial charge on any atom is 0.126 e. The number of hydrogen-bond donors (Lipinski definition) is 2. The van der Waals surface area contributed by atoms with E-state index in [9.17, 15) is 4.39 Å². The summed E-state index contributed by atoms with van der Waals surface area (Å²) in [6.45, 7) is 3.82. The van der Waals surface area contributed by atoms with Crippen LogP contribution in [0.5, 0.6) is 0 Å². The lowest BCUT2D eigenvalue weighted by atomic mass is 9.96. The summed E-state index contributed by atoms with van der Waals surface area (Å²) >= 11 is 2.32. The highest BCUT2D eigenvalue weighted by Gasteiger charge is 2.16. The molecule has 4 heteroatoms. The van der Waals surface area contributed by atoms with Gasteiger partial charge in [-0.15, -0.1) is 0 Å². The van der Waals surface area contributed by atoms with Gasteiger partial charge in [-0.3, -0.25) is 5.84 Å². The maximum atomic E-state index is 13.4. The van der Waals surface area contributed by atoms with Crippen LogP contribution < -0.4 is 11.3 Å². The molecule has 0 heterocycles. The van der Waals surface area contributed by atoms with Crippen LogP contribution in [-0.4, -0.2) is 0 Å². The number of hydrogen-bond acceptors (Lipinski definition) is 2. The Morgan fingerprint density at radius 1 is 1.16 bits per heavy atom. The van der Waals surface area contributed by atoms with E-state index in [1.165, 1.54) is 15.2 Å². The number of hydrazine groups is 1. The van der Waals surface area contributed by atoms with Gasteiger partial charge < -0.3 is 0 Å². The normalized spacial score (nSPS) is 12.5. The zero-order valence-corrected chi connectivity index (χ0v) is 13.0. The molecule has 0 saturated carbocycles. The zero-order chi connectivity index (χ0) is 14.0. The van der Waals surface area contributed by atoms with Gasteiger partial charge in [-0.2, -0.15) is 0 Å². The monoisotopic (exact) mass is 370 g/mol. The Bertz CT molecular complexity index is 599. The summed E-state index contributed by atoms with van der Waals surface area (Å²) in [5.74, 6) is 5.50. The number of nitrogens with one attached hydrogen (secondary N) is 1. The third-order valence-corrected chi connectivity index (χ3v) is 4.69. The highest BCUT2D eigenvalue weighted by Crippen LogP contribution is 2.28. The van der Waals surface area contributed by atoms with Crippen LogP contribution in [0.2, 0.25) is 0 Å². The van der Waals surface area contributed by atoms with Crippen molar-refractivity contribution in [3.05, 3.63) is 68.0 Å². The molecule has 0 fully saturated rings. The molecular formula is C15H16FIN2. The van der Waals surface area contributed by atoms with E-state index in [1.54, 1.807) is 13.0 Å². The summed E-state index contributed by atoms with van der Waals surface area (Å²) in [5.41, 5.74) is 6.72. The number of halogens is 2. The van der Waals surface area contributed by atoms with Crippen molar-refractivity contribution in [3.63, 3.8) is 0 Å². The van der Waals surface area contributed by atoms with Crippen molar-refractivity contribution in [1.29, 1.82) is 0 Å². The van der Waals surface area contributed by atoms with Crippen LogP contribution >= 0.6 is 22.6 Å². The van der Waals surface area contributed by atoms with Crippen LogP contribution in [0, 0.1) is 23.2 Å². The van der Waals surface area contributed by atoms with Crippen LogP contribution in [0.25, 0.3) is 0 Å². The van der Waals surface area contributed by atoms with E-state index in [-0.39, 0.29) is 11.9 Å². The van der Waals surface area contributed by atoms with Gasteiger partial charge in [0.1, 0.15) is 5.82 Å². The maximum absolute atomic E-state index is 13.4. The summed E-state index contributed by atoms with van der Waals surface area (Å²) in [4.78, 5) is 0. The largest absolute Gasteiger partial charge is 0.271 e. The molecule has 1 atom stereocenters. The quantitative estimate of drug-likeness (QED) is 0.492. The summed E-state index contributed by atoms with van der Waals surface area (Å²) in [6.07, 6.45) is 0. The van der Waals surface area contributed by atoms with Crippen molar-refractivity contribution >= 4 is 22.6 Å². The van der Waals surface area contributed by atoms with Gasteiger partial charge in [0.05, 0.1) is 6.04 Å². The average Bonchev–Trinajstić information content (AvgIpc) is 2.39. The number of benzene rings is 2. The highest BCUT2D eigenvalue weighted by atomic mass is 127. The molecule has 2 nitrogen and oxygen atoms in total. The van der Waals surface area contributed by atoms with Crippen molar-refractivity contribution in [1.82, 2.24) is 5.43 Å². The van der Waals surface area contributed by atoms with E-state index in [0.717, 1.165) is 11.1 Å². The molecule has 0 aliphatic carbocycles. The smallest absolute Gasteiger partial charge is 0.126 e. The topological polar surface area (TPSA) is 38.0 Å². The van der Waals surface area contributed by atoms with Crippen LogP contribution in [0.3, 0.4) is 0 Å². The Balaban J connectivity index is 2.50. The molecule has 0 radical (unpaired) electrons. The summed E-state index contributed by atoms with van der Waals surface area (Å²) in [7, 11) is 0. The van der Waals surface area contributed by atoms with Gasteiger partial charge in [0.15, 0.2) is 0 Å². The molecule has 0 amide bonds. The van der Waals surface area contributed by atoms with Gasteiger partial charge >= 0.3 is 0 Å². The summed E-state index contributed by atoms with van der Waals surface area (Å²) in [6, 6.07) is 11.1. The molecule has 0 spiro atoms. The third kappa shape index (κ3) is 2.96. The minimum atomic E-state index is -0.196. The molecule has 0 bridgehead atoms. The van der Waals surface area contributed by atoms with E-state index in [2.05, 4.69) is 41.0 Å². The fraction of sp³-hybridized carbons (Fsp3) is 0.200. The van der Waals surface area contributed by atoms with Crippen molar-refractivity contribution < 1.29 is 4.39 Å². The number of rotatable bonds is 3. The van der Waals surface area contributed by atoms with Crippen LogP contribution in [-0.2, 0) is 0 Å². The Kier molecular flexibility index (Phi) is 4.54. The SMILES string of the molecule is Cc1cc(C(NN)c2cccc(C)c2I)ccc1F. The van der Waals surface area contributed by atoms with E-state index in [0.29, 0.717) is 5.56 Å². The van der Waals surface area contributed by atoms with Crippen molar-refractivity contribution in [3.8, 4) is 0 Å². The van der Waals surface area contributed by atoms with Gasteiger partial charge in [-0.05, 0) is 64.8 Å². The van der Waals surface area contributed by atoms with E-state index >= 15 is 0 Å². The lowest BCUT2D eigenvalue weighted by molar-refractivity contribution is 0.607. The second kappa shape index (κ2) is 5.98. The van der Waals surface area contributed by atoms with Gasteiger partial charge in [0.2, 0.25) is 0 Å². The minimum absolute atomic E-state index is 0.133. The minimum Gasteiger partial charge on any atom is -0.271 e. The van der Waals surface area contributed by atoms with Crippen LogP contribution in [0.15, 0.2) is 36.4 Å². The molecule has 2 rings (SSSR count). The fourth-order valence-electron chi connectivity index (χ4n) is 2.11. The van der Waals surface area contributed by atoms with Crippen LogP contribution in [0.4, 0.5) is 4.39 Å². The predicted molar refractivity (Wildman–Crippen MR) is 84.2 cm³/mol. The molecule has 19 heavy (non-hydrogen) atoms. The van der Waals surface area contributed by atoms with Crippen molar-refractivity contribution in [2.75, 3.05) is 0 Å². The predicted octanol–water partition coefficient (Wildman–Crippen LogP) is 3.60. The molecule has 0 saturated heterocycles. The van der Waals surface area contributed by atoms with Gasteiger partial charge in [-0.25, -0.2) is 9.82 Å². The third-order valence-electron chi connectivity index (χ3n) is 3.21. The molecular weight excluding hydrogens is 354 g/mol. The Morgan fingerprint density at radius 3 is 2.53 bits per heavy atom. The highest BCUT2D eigenvalue weighted by molar-refractivity contribution is 14.1. The fourth-order valence-corrected chi connectivity index (χ4v) is 2.78. The molecule has 2 aromatic carbocycles. The average molecular weight is 370 g/mol. The summed E-state index contributed by atoms with van der Waals surface area (Å²) in [5, 5.41) is 0. The molecule has 1 unspecified atom stereocenters. The van der Waals surface area contributed by atoms with Gasteiger partial charge in [0, 0.05) is 3.57 Å². The molecule has 0 aliphatic heterocycles. The first-order valence-corrected chi connectivity index (χ1v) is 7.09. The molecule has 2 aromatic rings. The molecule has 0 aromatic heterocycles. The lowest BCUT2D eigenvalue weighted by Gasteiger charge is -2.20. The Labute approximate surface area is 126 Å². The first-order valence-electron chi connectivity index (χ1n) is 6.01. The van der Waals surface area contributed by atoms with Crippen molar-refractivity contribution in [2.45, 2.75) is 19.9 Å². The standard InChI is InChI=1S/C15H16FIN2/c1-9-4-3-5-12(14(9)17)15(19-18)11-6-7-13(16)10(2)8-11/h3-8,15,19H,18H2,1-2H3. The van der Waals surface area contributed by atoms with Gasteiger partial charge in [0.25, 0.3) is 0 Å². The second-order valence-corrected chi connectivity index (χ2v) is 5.67. The first kappa shape index (κ1) is 14.4. The lowest BCUT2D eigenvalue weighted by Crippen LogP contribution is -2.29. The Morgan fingerprint density at radius 2 is 1.89 bits per heavy atom. The Hall–Kier alpha value is -0.980. The molecule has 3 N–H and O–H groups in total. The van der Waals surface area contributed by atoms with E-state index in [4.69, 9.17) is 5.84 Å². The van der Waals surface area contributed by atoms with E-state index < -0.39 is 0 Å².